The summed E-state index contributed by atoms with van der Waals surface area (Å²) in [5.74, 6) is 0.961. The van der Waals surface area contributed by atoms with Crippen LogP contribution in [-0.2, 0) is 11.2 Å². The van der Waals surface area contributed by atoms with Crippen LogP contribution in [-0.4, -0.2) is 37.7 Å². The second-order valence-electron chi connectivity index (χ2n) is 8.24. The number of benzene rings is 2. The Kier molecular flexibility index (Phi) is 6.87. The normalized spacial score (nSPS) is 19.5. The lowest BCUT2D eigenvalue weighted by atomic mass is 9.89. The Labute approximate surface area is 183 Å². The lowest BCUT2D eigenvalue weighted by molar-refractivity contribution is -0.0265. The maximum absolute atomic E-state index is 13.6. The standard InChI is InChI=1S/C25H31FN4O/c1-17-5-7-18(8-6-17)24-20(4-3-13-31-24)16-30-25(27-2)28-12-11-19-15-29-23-10-9-21(26)14-22(19)23/h5-10,14-15,20,24,29H,3-4,11-13,16H2,1-2H3,(H2,27,28,30). The molecule has 1 fully saturated rings. The Bertz CT molecular complexity index is 1030. The lowest BCUT2D eigenvalue weighted by Gasteiger charge is -2.32. The van der Waals surface area contributed by atoms with Gasteiger partial charge in [-0.15, -0.1) is 0 Å². The van der Waals surface area contributed by atoms with Gasteiger partial charge in [-0.3, -0.25) is 4.99 Å². The Morgan fingerprint density at radius 2 is 2.03 bits per heavy atom. The number of aromatic amines is 1. The first-order chi connectivity index (χ1) is 15.1. The lowest BCUT2D eigenvalue weighted by Crippen LogP contribution is -2.42. The Morgan fingerprint density at radius 1 is 1.19 bits per heavy atom. The molecule has 1 saturated heterocycles. The highest BCUT2D eigenvalue weighted by Crippen LogP contribution is 2.33. The van der Waals surface area contributed by atoms with E-state index in [1.54, 1.807) is 19.2 Å². The van der Waals surface area contributed by atoms with Gasteiger partial charge in [0.15, 0.2) is 5.96 Å². The molecule has 164 valence electrons. The van der Waals surface area contributed by atoms with E-state index in [1.165, 1.54) is 17.2 Å². The molecule has 0 aliphatic carbocycles. The van der Waals surface area contributed by atoms with Gasteiger partial charge in [-0.25, -0.2) is 4.39 Å². The minimum absolute atomic E-state index is 0.112. The van der Waals surface area contributed by atoms with Crippen LogP contribution in [0.5, 0.6) is 0 Å². The van der Waals surface area contributed by atoms with Gasteiger partial charge in [0.05, 0.1) is 6.10 Å². The fourth-order valence-corrected chi connectivity index (χ4v) is 4.30. The summed E-state index contributed by atoms with van der Waals surface area (Å²) in [5.41, 5.74) is 4.55. The first-order valence-electron chi connectivity index (χ1n) is 11.0. The molecule has 0 amide bonds. The molecule has 1 aromatic heterocycles. The van der Waals surface area contributed by atoms with Gasteiger partial charge in [-0.1, -0.05) is 29.8 Å². The maximum Gasteiger partial charge on any atom is 0.190 e. The minimum atomic E-state index is -0.211. The number of nitrogens with zero attached hydrogens (tertiary/aromatic N) is 1. The molecule has 2 heterocycles. The van der Waals surface area contributed by atoms with Crippen molar-refractivity contribution in [2.24, 2.45) is 10.9 Å². The van der Waals surface area contributed by atoms with Crippen LogP contribution in [0, 0.1) is 18.7 Å². The van der Waals surface area contributed by atoms with Crippen molar-refractivity contribution in [2.75, 3.05) is 26.7 Å². The molecule has 2 atom stereocenters. The van der Waals surface area contributed by atoms with Gasteiger partial charge >= 0.3 is 0 Å². The molecule has 0 radical (unpaired) electrons. The van der Waals surface area contributed by atoms with Gasteiger partial charge in [-0.2, -0.15) is 0 Å². The van der Waals surface area contributed by atoms with Crippen LogP contribution in [0.15, 0.2) is 53.7 Å². The Balaban J connectivity index is 1.31. The zero-order valence-electron chi connectivity index (χ0n) is 18.2. The summed E-state index contributed by atoms with van der Waals surface area (Å²) < 4.78 is 19.7. The van der Waals surface area contributed by atoms with E-state index >= 15 is 0 Å². The van der Waals surface area contributed by atoms with E-state index in [4.69, 9.17) is 4.74 Å². The van der Waals surface area contributed by atoms with Crippen molar-refractivity contribution in [3.63, 3.8) is 0 Å². The molecule has 4 rings (SSSR count). The monoisotopic (exact) mass is 422 g/mol. The van der Waals surface area contributed by atoms with Crippen molar-refractivity contribution >= 4 is 16.9 Å². The van der Waals surface area contributed by atoms with E-state index in [-0.39, 0.29) is 11.9 Å². The molecule has 2 aromatic carbocycles. The SMILES string of the molecule is CN=C(NCCc1c[nH]c2ccc(F)cc12)NCC1CCCOC1c1ccc(C)cc1. The minimum Gasteiger partial charge on any atom is -0.373 e. The Morgan fingerprint density at radius 3 is 2.84 bits per heavy atom. The zero-order valence-corrected chi connectivity index (χ0v) is 18.2. The highest BCUT2D eigenvalue weighted by molar-refractivity contribution is 5.83. The largest absolute Gasteiger partial charge is 0.373 e. The molecule has 0 spiro atoms. The van der Waals surface area contributed by atoms with Crippen LogP contribution in [0.25, 0.3) is 10.9 Å². The van der Waals surface area contributed by atoms with Crippen LogP contribution in [0.1, 0.15) is 35.6 Å². The highest BCUT2D eigenvalue weighted by Gasteiger charge is 2.27. The fourth-order valence-electron chi connectivity index (χ4n) is 4.30. The predicted molar refractivity (Wildman–Crippen MR) is 124 cm³/mol. The van der Waals surface area contributed by atoms with Crippen molar-refractivity contribution in [3.05, 3.63) is 71.2 Å². The molecule has 0 saturated carbocycles. The van der Waals surface area contributed by atoms with E-state index in [1.807, 2.05) is 6.20 Å². The van der Waals surface area contributed by atoms with Gasteiger partial charge in [0.25, 0.3) is 0 Å². The number of rotatable bonds is 6. The molecule has 3 aromatic rings. The number of aliphatic imine (C=N–C) groups is 1. The third kappa shape index (κ3) is 5.25. The second kappa shape index (κ2) is 9.96. The molecule has 31 heavy (non-hydrogen) atoms. The van der Waals surface area contributed by atoms with Crippen LogP contribution in [0.2, 0.25) is 0 Å². The summed E-state index contributed by atoms with van der Waals surface area (Å²) in [7, 11) is 1.78. The number of halogens is 1. The number of nitrogens with one attached hydrogen (secondary N) is 3. The quantitative estimate of drug-likeness (QED) is 0.405. The van der Waals surface area contributed by atoms with Crippen molar-refractivity contribution in [1.82, 2.24) is 15.6 Å². The molecule has 0 bridgehead atoms. The van der Waals surface area contributed by atoms with E-state index in [9.17, 15) is 4.39 Å². The number of hydrogen-bond acceptors (Lipinski definition) is 2. The maximum atomic E-state index is 13.6. The molecule has 1 aliphatic heterocycles. The average Bonchev–Trinajstić information content (AvgIpc) is 3.19. The van der Waals surface area contributed by atoms with Gasteiger partial charge < -0.3 is 20.4 Å². The van der Waals surface area contributed by atoms with Gasteiger partial charge in [0.1, 0.15) is 5.82 Å². The Hall–Kier alpha value is -2.86. The number of aromatic nitrogens is 1. The molecule has 6 heteroatoms. The molecular formula is C25H31FN4O. The third-order valence-electron chi connectivity index (χ3n) is 6.02. The average molecular weight is 423 g/mol. The summed E-state index contributed by atoms with van der Waals surface area (Å²) in [6.07, 6.45) is 5.05. The van der Waals surface area contributed by atoms with E-state index in [0.29, 0.717) is 12.5 Å². The fraction of sp³-hybridized carbons (Fsp3) is 0.400. The van der Waals surface area contributed by atoms with Crippen molar-refractivity contribution < 1.29 is 9.13 Å². The van der Waals surface area contributed by atoms with Gasteiger partial charge in [0, 0.05) is 49.8 Å². The second-order valence-corrected chi connectivity index (χ2v) is 8.24. The van der Waals surface area contributed by atoms with Crippen molar-refractivity contribution in [1.29, 1.82) is 0 Å². The number of fused-ring (bicyclic) bond motifs is 1. The van der Waals surface area contributed by atoms with Crippen LogP contribution in [0.4, 0.5) is 4.39 Å². The molecular weight excluding hydrogens is 391 g/mol. The van der Waals surface area contributed by atoms with E-state index < -0.39 is 0 Å². The number of guanidine groups is 1. The summed E-state index contributed by atoms with van der Waals surface area (Å²) in [5, 5.41) is 7.78. The smallest absolute Gasteiger partial charge is 0.190 e. The zero-order chi connectivity index (χ0) is 21.6. The van der Waals surface area contributed by atoms with Crippen LogP contribution in [0.3, 0.4) is 0 Å². The van der Waals surface area contributed by atoms with E-state index in [2.05, 4.69) is 51.8 Å². The number of hydrogen-bond donors (Lipinski definition) is 3. The third-order valence-corrected chi connectivity index (χ3v) is 6.02. The first-order valence-corrected chi connectivity index (χ1v) is 11.0. The van der Waals surface area contributed by atoms with Crippen molar-refractivity contribution in [3.8, 4) is 0 Å². The molecule has 5 nitrogen and oxygen atoms in total. The van der Waals surface area contributed by atoms with Gasteiger partial charge in [-0.05, 0) is 55.5 Å². The first kappa shape index (κ1) is 21.4. The van der Waals surface area contributed by atoms with E-state index in [0.717, 1.165) is 54.8 Å². The number of aryl methyl sites for hydroxylation is 1. The molecule has 2 unspecified atom stereocenters. The number of H-pyrrole nitrogens is 1. The van der Waals surface area contributed by atoms with Gasteiger partial charge in [0.2, 0.25) is 0 Å². The molecule has 1 aliphatic rings. The topological polar surface area (TPSA) is 61.4 Å². The predicted octanol–water partition coefficient (Wildman–Crippen LogP) is 4.49. The summed E-state index contributed by atoms with van der Waals surface area (Å²) in [6.45, 7) is 4.43. The number of ether oxygens (including phenoxy) is 1. The van der Waals surface area contributed by atoms with Crippen molar-refractivity contribution in [2.45, 2.75) is 32.3 Å². The summed E-state index contributed by atoms with van der Waals surface area (Å²) >= 11 is 0. The summed E-state index contributed by atoms with van der Waals surface area (Å²) in [6, 6.07) is 13.5. The summed E-state index contributed by atoms with van der Waals surface area (Å²) in [4.78, 5) is 7.57. The highest BCUT2D eigenvalue weighted by atomic mass is 19.1. The van der Waals surface area contributed by atoms with Crippen LogP contribution >= 0.6 is 0 Å². The van der Waals surface area contributed by atoms with Crippen LogP contribution < -0.4 is 10.6 Å². The molecule has 3 N–H and O–H groups in total.